The van der Waals surface area contributed by atoms with Crippen LogP contribution in [0.5, 0.6) is 5.75 Å². The van der Waals surface area contributed by atoms with E-state index in [4.69, 9.17) is 0 Å². The summed E-state index contributed by atoms with van der Waals surface area (Å²) in [4.78, 5) is 26.5. The lowest BCUT2D eigenvalue weighted by atomic mass is 9.95. The highest BCUT2D eigenvalue weighted by Crippen LogP contribution is 2.22. The maximum atomic E-state index is 13.0. The predicted octanol–water partition coefficient (Wildman–Crippen LogP) is 3.92. The van der Waals surface area contributed by atoms with Crippen LogP contribution < -0.4 is 10.1 Å². The van der Waals surface area contributed by atoms with Crippen molar-refractivity contribution in [2.75, 3.05) is 18.4 Å². The molecule has 0 spiro atoms. The second-order valence-electron chi connectivity index (χ2n) is 6.47. The van der Waals surface area contributed by atoms with Crippen LogP contribution in [-0.2, 0) is 4.79 Å². The van der Waals surface area contributed by atoms with E-state index in [9.17, 15) is 22.8 Å². The number of hydrogen-bond acceptors (Lipinski definition) is 3. The molecule has 5 nitrogen and oxygen atoms in total. The van der Waals surface area contributed by atoms with Gasteiger partial charge in [0.15, 0.2) is 0 Å². The minimum Gasteiger partial charge on any atom is -0.435 e. The van der Waals surface area contributed by atoms with E-state index < -0.39 is 12.4 Å². The molecule has 28 heavy (non-hydrogen) atoms. The molecule has 2 aromatic rings. The maximum Gasteiger partial charge on any atom is 0.387 e. The fourth-order valence-corrected chi connectivity index (χ4v) is 3.08. The molecule has 2 amide bonds. The summed E-state index contributed by atoms with van der Waals surface area (Å²) >= 11 is 0. The lowest BCUT2D eigenvalue weighted by Gasteiger charge is -2.31. The van der Waals surface area contributed by atoms with Crippen LogP contribution in [0.15, 0.2) is 48.5 Å². The Balaban J connectivity index is 1.50. The third kappa shape index (κ3) is 5.03. The van der Waals surface area contributed by atoms with Gasteiger partial charge < -0.3 is 15.0 Å². The van der Waals surface area contributed by atoms with Crippen molar-refractivity contribution in [3.05, 3.63) is 59.9 Å². The third-order valence-corrected chi connectivity index (χ3v) is 4.59. The van der Waals surface area contributed by atoms with Crippen molar-refractivity contribution >= 4 is 17.5 Å². The number of carbonyl (C=O) groups is 2. The molecule has 1 heterocycles. The molecule has 1 N–H and O–H groups in total. The Bertz CT molecular complexity index is 818. The number of benzene rings is 2. The molecular weight excluding hydrogens is 373 g/mol. The Morgan fingerprint density at radius 1 is 1.00 bits per heavy atom. The van der Waals surface area contributed by atoms with E-state index in [0.717, 1.165) is 0 Å². The van der Waals surface area contributed by atoms with Gasteiger partial charge in [0.1, 0.15) is 11.6 Å². The molecule has 1 aliphatic heterocycles. The Kier molecular flexibility index (Phi) is 6.18. The molecule has 1 aliphatic rings. The molecule has 0 saturated carbocycles. The fraction of sp³-hybridized carbons (Fsp3) is 0.300. The molecule has 0 aliphatic carbocycles. The fourth-order valence-electron chi connectivity index (χ4n) is 3.08. The second-order valence-corrected chi connectivity index (χ2v) is 6.47. The van der Waals surface area contributed by atoms with Crippen molar-refractivity contribution in [3.63, 3.8) is 0 Å². The van der Waals surface area contributed by atoms with E-state index in [1.54, 1.807) is 4.90 Å². The lowest BCUT2D eigenvalue weighted by Crippen LogP contribution is -2.41. The molecule has 1 fully saturated rings. The van der Waals surface area contributed by atoms with Crippen LogP contribution in [0.1, 0.15) is 23.2 Å². The first kappa shape index (κ1) is 19.7. The minimum absolute atomic E-state index is 0.0145. The van der Waals surface area contributed by atoms with Gasteiger partial charge in [0.2, 0.25) is 5.91 Å². The SMILES string of the molecule is O=C(Nc1ccc(OC(F)F)cc1)C1CCN(C(=O)c2ccc(F)cc2)CC1. The van der Waals surface area contributed by atoms with E-state index in [1.165, 1.54) is 48.5 Å². The summed E-state index contributed by atoms with van der Waals surface area (Å²) in [5.41, 5.74) is 0.895. The monoisotopic (exact) mass is 392 g/mol. The van der Waals surface area contributed by atoms with E-state index in [-0.39, 0.29) is 23.5 Å². The maximum absolute atomic E-state index is 13.0. The van der Waals surface area contributed by atoms with Crippen LogP contribution >= 0.6 is 0 Å². The van der Waals surface area contributed by atoms with Crippen molar-refractivity contribution in [2.45, 2.75) is 19.5 Å². The van der Waals surface area contributed by atoms with Crippen molar-refractivity contribution < 1.29 is 27.5 Å². The molecule has 2 aromatic carbocycles. The van der Waals surface area contributed by atoms with Crippen LogP contribution in [-0.4, -0.2) is 36.4 Å². The number of alkyl halides is 2. The number of piperidine rings is 1. The first-order chi connectivity index (χ1) is 13.4. The summed E-state index contributed by atoms with van der Waals surface area (Å²) < 4.78 is 41.5. The first-order valence-corrected chi connectivity index (χ1v) is 8.83. The molecule has 0 aromatic heterocycles. The van der Waals surface area contributed by atoms with Crippen molar-refractivity contribution in [1.29, 1.82) is 0 Å². The minimum atomic E-state index is -2.90. The van der Waals surface area contributed by atoms with E-state index in [0.29, 0.717) is 37.2 Å². The highest BCUT2D eigenvalue weighted by molar-refractivity contribution is 5.95. The summed E-state index contributed by atoms with van der Waals surface area (Å²) in [6.45, 7) is -2.05. The zero-order valence-corrected chi connectivity index (χ0v) is 14.9. The van der Waals surface area contributed by atoms with Crippen LogP contribution in [0.4, 0.5) is 18.9 Å². The third-order valence-electron chi connectivity index (χ3n) is 4.59. The number of nitrogens with one attached hydrogen (secondary N) is 1. The van der Waals surface area contributed by atoms with Crippen LogP contribution in [0, 0.1) is 11.7 Å². The average Bonchev–Trinajstić information content (AvgIpc) is 2.69. The Hall–Kier alpha value is -3.03. The molecule has 0 bridgehead atoms. The zero-order chi connectivity index (χ0) is 20.1. The molecular formula is C20H19F3N2O3. The van der Waals surface area contributed by atoms with Crippen LogP contribution in [0.3, 0.4) is 0 Å². The molecule has 148 valence electrons. The van der Waals surface area contributed by atoms with Crippen molar-refractivity contribution in [1.82, 2.24) is 4.90 Å². The molecule has 1 saturated heterocycles. The van der Waals surface area contributed by atoms with Gasteiger partial charge in [0.05, 0.1) is 0 Å². The van der Waals surface area contributed by atoms with Gasteiger partial charge in [-0.2, -0.15) is 8.78 Å². The summed E-state index contributed by atoms with van der Waals surface area (Å²) in [6.07, 6.45) is 1.01. The number of nitrogens with zero attached hydrogens (tertiary/aromatic N) is 1. The zero-order valence-electron chi connectivity index (χ0n) is 14.9. The highest BCUT2D eigenvalue weighted by atomic mass is 19.3. The molecule has 0 atom stereocenters. The topological polar surface area (TPSA) is 58.6 Å². The van der Waals surface area contributed by atoms with Crippen LogP contribution in [0.25, 0.3) is 0 Å². The summed E-state index contributed by atoms with van der Waals surface area (Å²) in [5.74, 6) is -1.01. The van der Waals surface area contributed by atoms with Gasteiger partial charge in [-0.15, -0.1) is 0 Å². The van der Waals surface area contributed by atoms with Gasteiger partial charge in [-0.3, -0.25) is 9.59 Å². The molecule has 3 rings (SSSR count). The van der Waals surface area contributed by atoms with Crippen molar-refractivity contribution in [2.24, 2.45) is 5.92 Å². The first-order valence-electron chi connectivity index (χ1n) is 8.83. The van der Waals surface area contributed by atoms with Gasteiger partial charge >= 0.3 is 6.61 Å². The number of carbonyl (C=O) groups excluding carboxylic acids is 2. The molecule has 0 radical (unpaired) electrons. The van der Waals surface area contributed by atoms with Gasteiger partial charge in [0.25, 0.3) is 5.91 Å². The number of rotatable bonds is 5. The van der Waals surface area contributed by atoms with E-state index >= 15 is 0 Å². The van der Waals surface area contributed by atoms with E-state index in [1.807, 2.05) is 0 Å². The molecule has 0 unspecified atom stereocenters. The number of halogens is 3. The smallest absolute Gasteiger partial charge is 0.387 e. The number of hydrogen-bond donors (Lipinski definition) is 1. The predicted molar refractivity (Wildman–Crippen MR) is 96.7 cm³/mol. The largest absolute Gasteiger partial charge is 0.435 e. The highest BCUT2D eigenvalue weighted by Gasteiger charge is 2.28. The van der Waals surface area contributed by atoms with Gasteiger partial charge in [-0.1, -0.05) is 0 Å². The normalized spacial score (nSPS) is 14.8. The standard InChI is InChI=1S/C20H19F3N2O3/c21-15-3-1-14(2-4-15)19(27)25-11-9-13(10-12-25)18(26)24-16-5-7-17(8-6-16)28-20(22)23/h1-8,13,20H,9-12H2,(H,24,26). The Morgan fingerprint density at radius 2 is 1.61 bits per heavy atom. The van der Waals surface area contributed by atoms with Gasteiger partial charge in [0, 0.05) is 30.3 Å². The Labute approximate surface area is 160 Å². The summed E-state index contributed by atoms with van der Waals surface area (Å²) in [6, 6.07) is 11.1. The number of ether oxygens (including phenoxy) is 1. The number of amides is 2. The average molecular weight is 392 g/mol. The van der Waals surface area contributed by atoms with Gasteiger partial charge in [-0.25, -0.2) is 4.39 Å². The quantitative estimate of drug-likeness (QED) is 0.839. The van der Waals surface area contributed by atoms with Gasteiger partial charge in [-0.05, 0) is 61.4 Å². The summed E-state index contributed by atoms with van der Waals surface area (Å²) in [5, 5.41) is 2.75. The van der Waals surface area contributed by atoms with E-state index in [2.05, 4.69) is 10.1 Å². The summed E-state index contributed by atoms with van der Waals surface area (Å²) in [7, 11) is 0. The Morgan fingerprint density at radius 3 is 2.18 bits per heavy atom. The lowest BCUT2D eigenvalue weighted by molar-refractivity contribution is -0.121. The molecule has 8 heteroatoms. The van der Waals surface area contributed by atoms with Crippen molar-refractivity contribution in [3.8, 4) is 5.75 Å². The second kappa shape index (κ2) is 8.77. The number of likely N-dealkylation sites (tertiary alicyclic amines) is 1. The van der Waals surface area contributed by atoms with Crippen LogP contribution in [0.2, 0.25) is 0 Å². The number of anilines is 1.